The predicted molar refractivity (Wildman–Crippen MR) is 120 cm³/mol. The Kier molecular flexibility index (Phi) is 7.54. The molecular formula is C24H27N3O4. The summed E-state index contributed by atoms with van der Waals surface area (Å²) in [7, 11) is 0. The van der Waals surface area contributed by atoms with E-state index in [4.69, 9.17) is 4.74 Å². The van der Waals surface area contributed by atoms with Crippen molar-refractivity contribution < 1.29 is 14.3 Å². The van der Waals surface area contributed by atoms with Gasteiger partial charge in [-0.15, -0.1) is 0 Å². The molecule has 2 aromatic carbocycles. The van der Waals surface area contributed by atoms with Crippen LogP contribution < -0.4 is 10.9 Å². The number of aromatic amines is 1. The Balaban J connectivity index is 1.41. The number of carbonyl (C=O) groups is 2. The summed E-state index contributed by atoms with van der Waals surface area (Å²) in [5.74, 6) is 0.138. The molecule has 0 radical (unpaired) electrons. The number of hydrogen-bond donors (Lipinski definition) is 2. The second-order valence-electron chi connectivity index (χ2n) is 7.52. The lowest BCUT2D eigenvalue weighted by Crippen LogP contribution is -2.21. The zero-order valence-corrected chi connectivity index (χ0v) is 17.8. The SMILES string of the molecule is CC[C@H](C)c1ccc(NC(=O)COC(=O)CCCc2nc3ccccc3c(=O)[nH]2)cc1. The lowest BCUT2D eigenvalue weighted by Gasteiger charge is -2.10. The summed E-state index contributed by atoms with van der Waals surface area (Å²) in [6.07, 6.45) is 2.07. The Morgan fingerprint density at radius 3 is 2.61 bits per heavy atom. The first-order valence-corrected chi connectivity index (χ1v) is 10.5. The predicted octanol–water partition coefficient (Wildman–Crippen LogP) is 3.94. The van der Waals surface area contributed by atoms with E-state index < -0.39 is 5.97 Å². The van der Waals surface area contributed by atoms with Crippen LogP contribution in [0.4, 0.5) is 5.69 Å². The molecule has 1 atom stereocenters. The Hall–Kier alpha value is -3.48. The number of amides is 1. The maximum Gasteiger partial charge on any atom is 0.306 e. The lowest BCUT2D eigenvalue weighted by molar-refractivity contribution is -0.147. The minimum atomic E-state index is -0.467. The fraction of sp³-hybridized carbons (Fsp3) is 0.333. The summed E-state index contributed by atoms with van der Waals surface area (Å²) in [4.78, 5) is 43.1. The molecule has 7 nitrogen and oxygen atoms in total. The van der Waals surface area contributed by atoms with Crippen LogP contribution in [0, 0.1) is 0 Å². The topological polar surface area (TPSA) is 101 Å². The quantitative estimate of drug-likeness (QED) is 0.510. The summed E-state index contributed by atoms with van der Waals surface area (Å²) in [6, 6.07) is 14.8. The van der Waals surface area contributed by atoms with Gasteiger partial charge in [0.05, 0.1) is 10.9 Å². The van der Waals surface area contributed by atoms with Crippen molar-refractivity contribution in [2.45, 2.75) is 45.4 Å². The van der Waals surface area contributed by atoms with Crippen LogP contribution in [0.3, 0.4) is 0 Å². The first-order valence-electron chi connectivity index (χ1n) is 10.5. The van der Waals surface area contributed by atoms with Crippen molar-refractivity contribution in [3.63, 3.8) is 0 Å². The minimum Gasteiger partial charge on any atom is -0.456 e. The molecule has 0 unspecified atom stereocenters. The normalized spacial score (nSPS) is 11.8. The van der Waals surface area contributed by atoms with Crippen molar-refractivity contribution in [1.82, 2.24) is 9.97 Å². The van der Waals surface area contributed by atoms with Gasteiger partial charge in [0, 0.05) is 18.5 Å². The van der Waals surface area contributed by atoms with Crippen molar-refractivity contribution in [3.8, 4) is 0 Å². The first kappa shape index (κ1) is 22.2. The fourth-order valence-corrected chi connectivity index (χ4v) is 3.20. The largest absolute Gasteiger partial charge is 0.456 e. The molecule has 3 aromatic rings. The van der Waals surface area contributed by atoms with Gasteiger partial charge in [0.25, 0.3) is 11.5 Å². The van der Waals surface area contributed by atoms with Crippen molar-refractivity contribution in [1.29, 1.82) is 0 Å². The molecule has 0 aliphatic heterocycles. The number of para-hydroxylation sites is 1. The van der Waals surface area contributed by atoms with Gasteiger partial charge >= 0.3 is 5.97 Å². The smallest absolute Gasteiger partial charge is 0.306 e. The second kappa shape index (κ2) is 10.5. The number of rotatable bonds is 9. The van der Waals surface area contributed by atoms with Gasteiger partial charge in [-0.1, -0.05) is 38.1 Å². The minimum absolute atomic E-state index is 0.132. The monoisotopic (exact) mass is 421 g/mol. The number of anilines is 1. The van der Waals surface area contributed by atoms with Crippen LogP contribution in [0.2, 0.25) is 0 Å². The van der Waals surface area contributed by atoms with E-state index in [0.29, 0.717) is 41.2 Å². The number of esters is 1. The molecule has 0 spiro atoms. The molecule has 1 amide bonds. The van der Waals surface area contributed by atoms with E-state index >= 15 is 0 Å². The summed E-state index contributed by atoms with van der Waals surface area (Å²) >= 11 is 0. The van der Waals surface area contributed by atoms with Crippen LogP contribution in [0.1, 0.15) is 50.4 Å². The molecule has 0 saturated carbocycles. The average Bonchev–Trinajstić information content (AvgIpc) is 2.78. The summed E-state index contributed by atoms with van der Waals surface area (Å²) < 4.78 is 5.04. The molecule has 1 heterocycles. The maximum absolute atomic E-state index is 12.1. The summed E-state index contributed by atoms with van der Waals surface area (Å²) in [5.41, 5.74) is 2.31. The third-order valence-electron chi connectivity index (χ3n) is 5.20. The van der Waals surface area contributed by atoms with Gasteiger partial charge in [0.15, 0.2) is 6.61 Å². The van der Waals surface area contributed by atoms with Crippen molar-refractivity contribution in [2.75, 3.05) is 11.9 Å². The third-order valence-corrected chi connectivity index (χ3v) is 5.20. The zero-order valence-electron chi connectivity index (χ0n) is 17.8. The molecule has 7 heteroatoms. The molecule has 0 bridgehead atoms. The number of aromatic nitrogens is 2. The number of aryl methyl sites for hydroxylation is 1. The van der Waals surface area contributed by atoms with Crippen molar-refractivity contribution in [3.05, 3.63) is 70.3 Å². The van der Waals surface area contributed by atoms with Gasteiger partial charge in [-0.05, 0) is 48.6 Å². The standard InChI is InChI=1S/C24H27N3O4/c1-3-16(2)17-11-13-18(14-12-17)25-22(28)15-31-23(29)10-6-9-21-26-20-8-5-4-7-19(20)24(30)27-21/h4-5,7-8,11-14,16H,3,6,9-10,15H2,1-2H3,(H,25,28)(H,26,27,30)/t16-/m0/s1. The Bertz CT molecular complexity index is 1110. The molecule has 3 rings (SSSR count). The highest BCUT2D eigenvalue weighted by Gasteiger charge is 2.10. The van der Waals surface area contributed by atoms with E-state index in [1.807, 2.05) is 30.3 Å². The van der Waals surface area contributed by atoms with Gasteiger partial charge in [-0.25, -0.2) is 4.98 Å². The van der Waals surface area contributed by atoms with Gasteiger partial charge in [-0.2, -0.15) is 0 Å². The number of ether oxygens (including phenoxy) is 1. The van der Waals surface area contributed by atoms with Gasteiger partial charge in [0.2, 0.25) is 0 Å². The van der Waals surface area contributed by atoms with Crippen LogP contribution in [0.25, 0.3) is 10.9 Å². The van der Waals surface area contributed by atoms with Crippen molar-refractivity contribution >= 4 is 28.5 Å². The van der Waals surface area contributed by atoms with Gasteiger partial charge < -0.3 is 15.0 Å². The van der Waals surface area contributed by atoms with Crippen molar-refractivity contribution in [2.24, 2.45) is 0 Å². The highest BCUT2D eigenvalue weighted by molar-refractivity contribution is 5.92. The molecular weight excluding hydrogens is 394 g/mol. The Morgan fingerprint density at radius 2 is 1.87 bits per heavy atom. The Morgan fingerprint density at radius 1 is 1.13 bits per heavy atom. The molecule has 1 aromatic heterocycles. The number of nitrogens with zero attached hydrogens (tertiary/aromatic N) is 1. The highest BCUT2D eigenvalue weighted by Crippen LogP contribution is 2.20. The Labute approximate surface area is 180 Å². The van der Waals surface area contributed by atoms with E-state index in [1.165, 1.54) is 5.56 Å². The van der Waals surface area contributed by atoms with Crippen LogP contribution in [-0.4, -0.2) is 28.5 Å². The molecule has 162 valence electrons. The third kappa shape index (κ3) is 6.25. The van der Waals surface area contributed by atoms with E-state index in [1.54, 1.807) is 18.2 Å². The van der Waals surface area contributed by atoms with E-state index in [-0.39, 0.29) is 24.5 Å². The fourth-order valence-electron chi connectivity index (χ4n) is 3.20. The number of H-pyrrole nitrogens is 1. The van der Waals surface area contributed by atoms with Crippen LogP contribution in [0.15, 0.2) is 53.3 Å². The number of hydrogen-bond acceptors (Lipinski definition) is 5. The van der Waals surface area contributed by atoms with E-state index in [9.17, 15) is 14.4 Å². The summed E-state index contributed by atoms with van der Waals surface area (Å²) in [6.45, 7) is 3.95. The second-order valence-corrected chi connectivity index (χ2v) is 7.52. The highest BCUT2D eigenvalue weighted by atomic mass is 16.5. The number of carbonyl (C=O) groups excluding carboxylic acids is 2. The average molecular weight is 421 g/mol. The molecule has 2 N–H and O–H groups in total. The van der Waals surface area contributed by atoms with Crippen LogP contribution >= 0.6 is 0 Å². The van der Waals surface area contributed by atoms with Gasteiger partial charge in [-0.3, -0.25) is 14.4 Å². The van der Waals surface area contributed by atoms with E-state index in [2.05, 4.69) is 29.1 Å². The molecule has 0 saturated heterocycles. The van der Waals surface area contributed by atoms with Crippen LogP contribution in [-0.2, 0) is 20.7 Å². The van der Waals surface area contributed by atoms with Gasteiger partial charge in [0.1, 0.15) is 5.82 Å². The summed E-state index contributed by atoms with van der Waals surface area (Å²) in [5, 5.41) is 3.25. The molecule has 0 fully saturated rings. The number of nitrogens with one attached hydrogen (secondary N) is 2. The number of benzene rings is 2. The molecule has 0 aliphatic rings. The molecule has 31 heavy (non-hydrogen) atoms. The maximum atomic E-state index is 12.1. The molecule has 0 aliphatic carbocycles. The zero-order chi connectivity index (χ0) is 22.2. The lowest BCUT2D eigenvalue weighted by atomic mass is 9.99. The van der Waals surface area contributed by atoms with E-state index in [0.717, 1.165) is 6.42 Å². The van der Waals surface area contributed by atoms with Crippen LogP contribution in [0.5, 0.6) is 0 Å². The first-order chi connectivity index (χ1) is 15.0. The number of fused-ring (bicyclic) bond motifs is 1.